The Morgan fingerprint density at radius 2 is 2.00 bits per heavy atom. The fourth-order valence-electron chi connectivity index (χ4n) is 2.43. The Morgan fingerprint density at radius 1 is 1.23 bits per heavy atom. The van der Waals surface area contributed by atoms with Gasteiger partial charge < -0.3 is 15.5 Å². The second kappa shape index (κ2) is 6.38. The number of amides is 1. The molecule has 3 rings (SSSR count). The molecule has 1 aromatic heterocycles. The number of hydrogen-bond donors (Lipinski definition) is 2. The summed E-state index contributed by atoms with van der Waals surface area (Å²) in [5.41, 5.74) is 1.57. The van der Waals surface area contributed by atoms with E-state index in [1.54, 1.807) is 6.20 Å². The van der Waals surface area contributed by atoms with Gasteiger partial charge >= 0.3 is 0 Å². The molecule has 7 nitrogen and oxygen atoms in total. The monoisotopic (exact) mass is 298 g/mol. The minimum Gasteiger partial charge on any atom is -0.339 e. The molecule has 0 bridgehead atoms. The minimum absolute atomic E-state index is 0.0998. The van der Waals surface area contributed by atoms with Crippen molar-refractivity contribution in [3.8, 4) is 0 Å². The van der Waals surface area contributed by atoms with Crippen LogP contribution in [-0.4, -0.2) is 34.2 Å². The second-order valence-electron chi connectivity index (χ2n) is 5.22. The first-order valence-electron chi connectivity index (χ1n) is 7.30. The van der Waals surface area contributed by atoms with Crippen molar-refractivity contribution in [3.63, 3.8) is 0 Å². The van der Waals surface area contributed by atoms with E-state index in [1.165, 1.54) is 19.8 Å². The average molecular weight is 298 g/mol. The predicted molar refractivity (Wildman–Crippen MR) is 85.3 cm³/mol. The summed E-state index contributed by atoms with van der Waals surface area (Å²) in [6, 6.07) is 7.45. The van der Waals surface area contributed by atoms with E-state index in [0.29, 0.717) is 11.8 Å². The Balaban J connectivity index is 1.75. The smallest absolute Gasteiger partial charge is 0.247 e. The minimum atomic E-state index is -0.0998. The molecule has 0 radical (unpaired) electrons. The summed E-state index contributed by atoms with van der Waals surface area (Å²) >= 11 is 0. The summed E-state index contributed by atoms with van der Waals surface area (Å²) in [5.74, 6) is 1.19. The molecule has 22 heavy (non-hydrogen) atoms. The molecule has 1 aliphatic heterocycles. The summed E-state index contributed by atoms with van der Waals surface area (Å²) in [6.07, 6.45) is 3.92. The molecule has 1 saturated heterocycles. The second-order valence-corrected chi connectivity index (χ2v) is 5.22. The van der Waals surface area contributed by atoms with E-state index in [0.717, 1.165) is 24.5 Å². The fourth-order valence-corrected chi connectivity index (χ4v) is 2.43. The van der Waals surface area contributed by atoms with Crippen molar-refractivity contribution in [1.82, 2.24) is 15.2 Å². The molecule has 7 heteroatoms. The van der Waals surface area contributed by atoms with Crippen molar-refractivity contribution in [2.75, 3.05) is 28.6 Å². The Morgan fingerprint density at radius 3 is 2.77 bits per heavy atom. The number of benzene rings is 1. The molecule has 1 aliphatic rings. The third-order valence-electron chi connectivity index (χ3n) is 3.39. The van der Waals surface area contributed by atoms with Crippen molar-refractivity contribution in [2.24, 2.45) is 0 Å². The number of anilines is 4. The van der Waals surface area contributed by atoms with Crippen LogP contribution in [0.5, 0.6) is 0 Å². The molecule has 0 spiro atoms. The summed E-state index contributed by atoms with van der Waals surface area (Å²) in [6.45, 7) is 3.43. The lowest BCUT2D eigenvalue weighted by Gasteiger charge is -2.15. The highest BCUT2D eigenvalue weighted by atomic mass is 16.1. The van der Waals surface area contributed by atoms with E-state index in [9.17, 15) is 4.79 Å². The molecule has 1 fully saturated rings. The number of nitrogens with zero attached hydrogens (tertiary/aromatic N) is 4. The summed E-state index contributed by atoms with van der Waals surface area (Å²) in [5, 5.41) is 14.0. The maximum absolute atomic E-state index is 11.1. The topological polar surface area (TPSA) is 83.0 Å². The number of aromatic nitrogens is 3. The van der Waals surface area contributed by atoms with E-state index >= 15 is 0 Å². The van der Waals surface area contributed by atoms with Gasteiger partial charge in [-0.15, -0.1) is 5.10 Å². The number of carbonyl (C=O) groups is 1. The first-order chi connectivity index (χ1) is 10.7. The van der Waals surface area contributed by atoms with Crippen molar-refractivity contribution >= 4 is 29.0 Å². The molecule has 2 heterocycles. The highest BCUT2D eigenvalue weighted by Crippen LogP contribution is 2.20. The SMILES string of the molecule is CC(=O)Nc1cccc(Nc2cnnc(N3CCCC3)n2)c1. The molecule has 2 aromatic rings. The van der Waals surface area contributed by atoms with Crippen LogP contribution >= 0.6 is 0 Å². The fraction of sp³-hybridized carbons (Fsp3) is 0.333. The molecule has 1 aromatic carbocycles. The van der Waals surface area contributed by atoms with Gasteiger partial charge in [-0.1, -0.05) is 6.07 Å². The standard InChI is InChI=1S/C15H18N6O/c1-11(22)17-12-5-4-6-13(9-12)18-14-10-16-20-15(19-14)21-7-2-3-8-21/h4-6,9-10H,2-3,7-8H2,1H3,(H,17,22)(H,18,19,20). The highest BCUT2D eigenvalue weighted by Gasteiger charge is 2.15. The van der Waals surface area contributed by atoms with E-state index in [1.807, 2.05) is 24.3 Å². The van der Waals surface area contributed by atoms with Crippen LogP contribution in [0, 0.1) is 0 Å². The number of carbonyl (C=O) groups excluding carboxylic acids is 1. The van der Waals surface area contributed by atoms with Gasteiger partial charge in [0.2, 0.25) is 11.9 Å². The molecule has 0 atom stereocenters. The van der Waals surface area contributed by atoms with Crippen LogP contribution in [0.4, 0.5) is 23.1 Å². The van der Waals surface area contributed by atoms with Gasteiger partial charge in [-0.25, -0.2) is 0 Å². The lowest BCUT2D eigenvalue weighted by Crippen LogP contribution is -2.21. The molecular formula is C15H18N6O. The Hall–Kier alpha value is -2.70. The summed E-state index contributed by atoms with van der Waals surface area (Å²) in [4.78, 5) is 17.7. The van der Waals surface area contributed by atoms with Gasteiger partial charge in [0, 0.05) is 31.4 Å². The average Bonchev–Trinajstić information content (AvgIpc) is 3.01. The predicted octanol–water partition coefficient (Wildman–Crippen LogP) is 2.17. The number of nitrogens with one attached hydrogen (secondary N) is 2. The molecule has 1 amide bonds. The normalized spacial score (nSPS) is 14.0. The van der Waals surface area contributed by atoms with Crippen LogP contribution in [0.1, 0.15) is 19.8 Å². The van der Waals surface area contributed by atoms with Crippen LogP contribution in [0.2, 0.25) is 0 Å². The van der Waals surface area contributed by atoms with Crippen LogP contribution in [-0.2, 0) is 4.79 Å². The van der Waals surface area contributed by atoms with Crippen LogP contribution in [0.3, 0.4) is 0 Å². The van der Waals surface area contributed by atoms with Crippen molar-refractivity contribution < 1.29 is 4.79 Å². The molecule has 0 saturated carbocycles. The first kappa shape index (κ1) is 14.2. The third-order valence-corrected chi connectivity index (χ3v) is 3.39. The Bertz CT molecular complexity index is 669. The van der Waals surface area contributed by atoms with Gasteiger partial charge in [0.15, 0.2) is 5.82 Å². The van der Waals surface area contributed by atoms with E-state index in [4.69, 9.17) is 0 Å². The maximum Gasteiger partial charge on any atom is 0.247 e. The zero-order valence-corrected chi connectivity index (χ0v) is 12.4. The van der Waals surface area contributed by atoms with Gasteiger partial charge in [0.1, 0.15) is 0 Å². The van der Waals surface area contributed by atoms with Gasteiger partial charge in [-0.3, -0.25) is 4.79 Å². The van der Waals surface area contributed by atoms with E-state index in [-0.39, 0.29) is 5.91 Å². The Labute approximate surface area is 128 Å². The molecule has 2 N–H and O–H groups in total. The zero-order valence-electron chi connectivity index (χ0n) is 12.4. The van der Waals surface area contributed by atoms with Crippen LogP contribution in [0.15, 0.2) is 30.5 Å². The van der Waals surface area contributed by atoms with Gasteiger partial charge in [-0.05, 0) is 31.0 Å². The van der Waals surface area contributed by atoms with Gasteiger partial charge in [0.25, 0.3) is 0 Å². The molecular weight excluding hydrogens is 280 g/mol. The van der Waals surface area contributed by atoms with Crippen molar-refractivity contribution in [1.29, 1.82) is 0 Å². The molecule has 0 aliphatic carbocycles. The van der Waals surface area contributed by atoms with Crippen molar-refractivity contribution in [3.05, 3.63) is 30.5 Å². The van der Waals surface area contributed by atoms with Crippen molar-refractivity contribution in [2.45, 2.75) is 19.8 Å². The third kappa shape index (κ3) is 3.49. The molecule has 114 valence electrons. The quantitative estimate of drug-likeness (QED) is 0.900. The van der Waals surface area contributed by atoms with Gasteiger partial charge in [-0.2, -0.15) is 10.1 Å². The molecule has 0 unspecified atom stereocenters. The summed E-state index contributed by atoms with van der Waals surface area (Å²) in [7, 11) is 0. The number of rotatable bonds is 4. The largest absolute Gasteiger partial charge is 0.339 e. The van der Waals surface area contributed by atoms with Gasteiger partial charge in [0.05, 0.1) is 6.20 Å². The lowest BCUT2D eigenvalue weighted by molar-refractivity contribution is -0.114. The first-order valence-corrected chi connectivity index (χ1v) is 7.30. The maximum atomic E-state index is 11.1. The van der Waals surface area contributed by atoms with E-state index in [2.05, 4.69) is 30.7 Å². The van der Waals surface area contributed by atoms with E-state index < -0.39 is 0 Å². The number of hydrogen-bond acceptors (Lipinski definition) is 6. The highest BCUT2D eigenvalue weighted by molar-refractivity contribution is 5.89. The van der Waals surface area contributed by atoms with Crippen LogP contribution in [0.25, 0.3) is 0 Å². The van der Waals surface area contributed by atoms with Crippen LogP contribution < -0.4 is 15.5 Å². The summed E-state index contributed by atoms with van der Waals surface area (Å²) < 4.78 is 0. The Kier molecular flexibility index (Phi) is 4.13. The zero-order chi connectivity index (χ0) is 15.4. The lowest BCUT2D eigenvalue weighted by atomic mass is 10.2.